The van der Waals surface area contributed by atoms with Crippen LogP contribution in [0.4, 0.5) is 0 Å². The van der Waals surface area contributed by atoms with Gasteiger partial charge >= 0.3 is 0 Å². The van der Waals surface area contributed by atoms with E-state index in [0.29, 0.717) is 6.04 Å². The molecular formula is C15H19N3. The molecule has 2 aromatic rings. The number of benzene rings is 1. The number of nitrogens with one attached hydrogen (secondary N) is 1. The number of hydrogen-bond donors (Lipinski definition) is 1. The molecule has 3 rings (SSSR count). The van der Waals surface area contributed by atoms with E-state index in [0.717, 1.165) is 19.0 Å². The summed E-state index contributed by atoms with van der Waals surface area (Å²) >= 11 is 0. The van der Waals surface area contributed by atoms with Crippen LogP contribution in [0, 0.1) is 5.92 Å². The second-order valence-electron chi connectivity index (χ2n) is 4.98. The van der Waals surface area contributed by atoms with E-state index < -0.39 is 0 Å². The average molecular weight is 241 g/mol. The van der Waals surface area contributed by atoms with Gasteiger partial charge in [0.15, 0.2) is 0 Å². The number of nitrogens with zero attached hydrogens (tertiary/aromatic N) is 2. The van der Waals surface area contributed by atoms with Crippen LogP contribution in [-0.4, -0.2) is 16.1 Å². The highest BCUT2D eigenvalue weighted by Gasteiger charge is 2.31. The summed E-state index contributed by atoms with van der Waals surface area (Å²) in [5.74, 6) is 0.829. The molecule has 0 saturated heterocycles. The first-order chi connectivity index (χ1) is 8.93. The molecule has 1 aliphatic rings. The fourth-order valence-corrected chi connectivity index (χ4v) is 2.41. The lowest BCUT2D eigenvalue weighted by atomic mass is 10.0. The molecule has 0 radical (unpaired) electrons. The van der Waals surface area contributed by atoms with Gasteiger partial charge in [0, 0.05) is 31.5 Å². The molecule has 0 aliphatic heterocycles. The Morgan fingerprint density at radius 3 is 2.78 bits per heavy atom. The summed E-state index contributed by atoms with van der Waals surface area (Å²) in [5.41, 5.74) is 1.42. The van der Waals surface area contributed by atoms with Crippen LogP contribution in [-0.2, 0) is 6.54 Å². The molecule has 3 nitrogen and oxygen atoms in total. The summed E-state index contributed by atoms with van der Waals surface area (Å²) in [7, 11) is 0. The molecule has 1 N–H and O–H groups in total. The summed E-state index contributed by atoms with van der Waals surface area (Å²) in [6.07, 6.45) is 8.43. The molecule has 1 unspecified atom stereocenters. The van der Waals surface area contributed by atoms with Gasteiger partial charge in [-0.2, -0.15) is 0 Å². The minimum absolute atomic E-state index is 0.523. The lowest BCUT2D eigenvalue weighted by Crippen LogP contribution is -2.26. The zero-order valence-corrected chi connectivity index (χ0v) is 10.5. The van der Waals surface area contributed by atoms with E-state index in [1.807, 2.05) is 18.7 Å². The molecule has 0 spiro atoms. The third-order valence-corrected chi connectivity index (χ3v) is 3.55. The van der Waals surface area contributed by atoms with Crippen molar-refractivity contribution in [2.75, 3.05) is 6.54 Å². The van der Waals surface area contributed by atoms with E-state index in [4.69, 9.17) is 0 Å². The molecule has 3 heteroatoms. The second kappa shape index (κ2) is 5.36. The lowest BCUT2D eigenvalue weighted by molar-refractivity contribution is 0.462. The summed E-state index contributed by atoms with van der Waals surface area (Å²) in [6, 6.07) is 11.3. The van der Waals surface area contributed by atoms with Crippen molar-refractivity contribution >= 4 is 0 Å². The quantitative estimate of drug-likeness (QED) is 0.842. The summed E-state index contributed by atoms with van der Waals surface area (Å²) < 4.78 is 2.11. The lowest BCUT2D eigenvalue weighted by Gasteiger charge is -2.19. The van der Waals surface area contributed by atoms with Gasteiger partial charge in [-0.3, -0.25) is 0 Å². The molecule has 1 aromatic carbocycles. The van der Waals surface area contributed by atoms with Gasteiger partial charge in [-0.1, -0.05) is 30.3 Å². The second-order valence-corrected chi connectivity index (χ2v) is 4.98. The highest BCUT2D eigenvalue weighted by molar-refractivity contribution is 5.21. The minimum atomic E-state index is 0.523. The van der Waals surface area contributed by atoms with Crippen molar-refractivity contribution in [1.29, 1.82) is 0 Å². The number of imidazole rings is 1. The van der Waals surface area contributed by atoms with E-state index in [-0.39, 0.29) is 0 Å². The van der Waals surface area contributed by atoms with E-state index >= 15 is 0 Å². The SMILES string of the molecule is c1ccc(C(NCCn2ccnc2)C2CC2)cc1. The maximum Gasteiger partial charge on any atom is 0.0946 e. The standard InChI is InChI=1S/C15H19N3/c1-2-4-13(5-3-1)15(14-6-7-14)17-9-11-18-10-8-16-12-18/h1-5,8,10,12,14-15,17H,6-7,9,11H2. The van der Waals surface area contributed by atoms with Gasteiger partial charge in [-0.05, 0) is 24.3 Å². The van der Waals surface area contributed by atoms with E-state index in [1.165, 1.54) is 18.4 Å². The molecule has 1 aliphatic carbocycles. The number of rotatable bonds is 6. The molecule has 94 valence electrons. The van der Waals surface area contributed by atoms with Gasteiger partial charge < -0.3 is 9.88 Å². The first-order valence-corrected chi connectivity index (χ1v) is 6.67. The zero-order valence-electron chi connectivity index (χ0n) is 10.5. The van der Waals surface area contributed by atoms with Crippen molar-refractivity contribution in [3.63, 3.8) is 0 Å². The van der Waals surface area contributed by atoms with Crippen LogP contribution in [0.3, 0.4) is 0 Å². The number of aromatic nitrogens is 2. The van der Waals surface area contributed by atoms with Gasteiger partial charge in [0.1, 0.15) is 0 Å². The van der Waals surface area contributed by atoms with Crippen molar-refractivity contribution in [2.45, 2.75) is 25.4 Å². The van der Waals surface area contributed by atoms with Gasteiger partial charge in [0.25, 0.3) is 0 Å². The van der Waals surface area contributed by atoms with Crippen LogP contribution < -0.4 is 5.32 Å². The van der Waals surface area contributed by atoms with Crippen molar-refractivity contribution in [3.8, 4) is 0 Å². The Hall–Kier alpha value is -1.61. The molecule has 1 saturated carbocycles. The molecule has 1 atom stereocenters. The minimum Gasteiger partial charge on any atom is -0.336 e. The van der Waals surface area contributed by atoms with Crippen LogP contribution in [0.25, 0.3) is 0 Å². The van der Waals surface area contributed by atoms with Gasteiger partial charge in [-0.25, -0.2) is 4.98 Å². The fourth-order valence-electron chi connectivity index (χ4n) is 2.41. The largest absolute Gasteiger partial charge is 0.336 e. The molecule has 0 bridgehead atoms. The maximum absolute atomic E-state index is 4.06. The van der Waals surface area contributed by atoms with E-state index in [1.54, 1.807) is 0 Å². The van der Waals surface area contributed by atoms with Crippen LogP contribution in [0.15, 0.2) is 49.1 Å². The number of hydrogen-bond acceptors (Lipinski definition) is 2. The molecule has 1 heterocycles. The summed E-state index contributed by atoms with van der Waals surface area (Å²) in [5, 5.41) is 3.69. The van der Waals surface area contributed by atoms with Gasteiger partial charge in [0.05, 0.1) is 6.33 Å². The predicted molar refractivity (Wildman–Crippen MR) is 72.1 cm³/mol. The van der Waals surface area contributed by atoms with Crippen molar-refractivity contribution in [3.05, 3.63) is 54.6 Å². The zero-order chi connectivity index (χ0) is 12.2. The van der Waals surface area contributed by atoms with Crippen LogP contribution in [0.5, 0.6) is 0 Å². The van der Waals surface area contributed by atoms with Crippen molar-refractivity contribution < 1.29 is 0 Å². The first-order valence-electron chi connectivity index (χ1n) is 6.67. The fraction of sp³-hybridized carbons (Fsp3) is 0.400. The highest BCUT2D eigenvalue weighted by atomic mass is 15.1. The first kappa shape index (κ1) is 11.5. The van der Waals surface area contributed by atoms with E-state index in [9.17, 15) is 0 Å². The monoisotopic (exact) mass is 241 g/mol. The summed E-state index contributed by atoms with van der Waals surface area (Å²) in [6.45, 7) is 1.97. The topological polar surface area (TPSA) is 29.9 Å². The Kier molecular flexibility index (Phi) is 3.42. The van der Waals surface area contributed by atoms with Crippen molar-refractivity contribution in [1.82, 2.24) is 14.9 Å². The summed E-state index contributed by atoms with van der Waals surface area (Å²) in [4.78, 5) is 4.06. The molecule has 1 fully saturated rings. The molecule has 1 aromatic heterocycles. The third kappa shape index (κ3) is 2.79. The average Bonchev–Trinajstić information content (AvgIpc) is 3.12. The molecule has 18 heavy (non-hydrogen) atoms. The van der Waals surface area contributed by atoms with Crippen molar-refractivity contribution in [2.24, 2.45) is 5.92 Å². The van der Waals surface area contributed by atoms with Crippen LogP contribution in [0.2, 0.25) is 0 Å². The Morgan fingerprint density at radius 1 is 1.28 bits per heavy atom. The highest BCUT2D eigenvalue weighted by Crippen LogP contribution is 2.40. The van der Waals surface area contributed by atoms with Crippen LogP contribution in [0.1, 0.15) is 24.4 Å². The Labute approximate surface area is 108 Å². The normalized spacial score (nSPS) is 16.7. The molecule has 0 amide bonds. The Morgan fingerprint density at radius 2 is 2.11 bits per heavy atom. The van der Waals surface area contributed by atoms with Crippen LogP contribution >= 0.6 is 0 Å². The molecular weight excluding hydrogens is 222 g/mol. The van der Waals surface area contributed by atoms with Gasteiger partial charge in [-0.15, -0.1) is 0 Å². The Balaban J connectivity index is 1.58. The Bertz CT molecular complexity index is 460. The smallest absolute Gasteiger partial charge is 0.0946 e. The predicted octanol–water partition coefficient (Wildman–Crippen LogP) is 2.62. The van der Waals surface area contributed by atoms with E-state index in [2.05, 4.69) is 45.2 Å². The van der Waals surface area contributed by atoms with Gasteiger partial charge in [0.2, 0.25) is 0 Å². The maximum atomic E-state index is 4.06. The third-order valence-electron chi connectivity index (χ3n) is 3.55.